The first-order chi connectivity index (χ1) is 14.4. The van der Waals surface area contributed by atoms with Crippen LogP contribution in [0.4, 0.5) is 0 Å². The van der Waals surface area contributed by atoms with E-state index in [-0.39, 0.29) is 51.0 Å². The Balaban J connectivity index is -0.00000150. The number of halogens is 2. The summed E-state index contributed by atoms with van der Waals surface area (Å²) < 4.78 is 0. The number of hydrogen-bond donors (Lipinski definition) is 0. The zero-order valence-electron chi connectivity index (χ0n) is 23.3. The Kier molecular flexibility index (Phi) is 25.6. The van der Waals surface area contributed by atoms with Crippen molar-refractivity contribution in [2.75, 3.05) is 124 Å². The van der Waals surface area contributed by atoms with Gasteiger partial charge in [0, 0.05) is 104 Å². The quantitative estimate of drug-likeness (QED) is 0.138. The Labute approximate surface area is 241 Å². The second kappa shape index (κ2) is 21.5. The molecule has 207 valence electrons. The van der Waals surface area contributed by atoms with Gasteiger partial charge in [0.1, 0.15) is 0 Å². The molecule has 0 heterocycles. The van der Waals surface area contributed by atoms with E-state index in [0.717, 1.165) is 57.1 Å². The summed E-state index contributed by atoms with van der Waals surface area (Å²) in [5.74, 6) is 2.92. The fraction of sp³-hybridized carbons (Fsp3) is 0.857. The van der Waals surface area contributed by atoms with Crippen LogP contribution >= 0.6 is 0 Å². The summed E-state index contributed by atoms with van der Waals surface area (Å²) in [6.07, 6.45) is 0. The Bertz CT molecular complexity index is 483. The summed E-state index contributed by atoms with van der Waals surface area (Å²) >= 11 is 0. The molecule has 0 N–H and O–H groups in total. The van der Waals surface area contributed by atoms with Crippen molar-refractivity contribution in [3.05, 3.63) is 0 Å². The molecule has 0 fully saturated rings. The average molecular weight is 664 g/mol. The van der Waals surface area contributed by atoms with Crippen molar-refractivity contribution in [2.45, 2.75) is 0 Å². The minimum atomic E-state index is 0. The molecule has 0 rings (SSSR count). The van der Waals surface area contributed by atoms with Gasteiger partial charge in [0.05, 0.1) is 19.6 Å². The van der Waals surface area contributed by atoms with Gasteiger partial charge in [-0.05, 0) is 0 Å². The fourth-order valence-electron chi connectivity index (χ4n) is 3.26. The number of nitrogens with zero attached hydrogens (tertiary/aromatic N) is 10. The second-order valence-corrected chi connectivity index (χ2v) is 8.75. The molecule has 0 aromatic rings. The van der Waals surface area contributed by atoms with Gasteiger partial charge in [-0.3, -0.25) is 19.9 Å². The van der Waals surface area contributed by atoms with Crippen LogP contribution in [0.3, 0.4) is 0 Å². The van der Waals surface area contributed by atoms with Crippen molar-refractivity contribution in [2.24, 2.45) is 15.0 Å². The first-order valence-corrected chi connectivity index (χ1v) is 10.8. The summed E-state index contributed by atoms with van der Waals surface area (Å²) in [4.78, 5) is 29.0. The van der Waals surface area contributed by atoms with Crippen molar-refractivity contribution in [3.8, 4) is 0 Å². The fourth-order valence-corrected chi connectivity index (χ4v) is 3.26. The predicted octanol–water partition coefficient (Wildman–Crippen LogP) is -6.27. The van der Waals surface area contributed by atoms with Crippen LogP contribution in [0.25, 0.3) is 0 Å². The van der Waals surface area contributed by atoms with Gasteiger partial charge >= 0.3 is 17.1 Å². The van der Waals surface area contributed by atoms with Crippen molar-refractivity contribution in [3.63, 3.8) is 0 Å². The van der Waals surface area contributed by atoms with Gasteiger partial charge in [0.15, 0.2) is 17.9 Å². The first kappa shape index (κ1) is 40.4. The molecule has 0 spiro atoms. The van der Waals surface area contributed by atoms with E-state index >= 15 is 0 Å². The average Bonchev–Trinajstić information content (AvgIpc) is 2.62. The summed E-state index contributed by atoms with van der Waals surface area (Å²) in [5.41, 5.74) is 0. The molecule has 10 nitrogen and oxygen atoms in total. The third-order valence-electron chi connectivity index (χ3n) is 4.41. The van der Waals surface area contributed by atoms with Crippen LogP contribution in [0.1, 0.15) is 0 Å². The molecule has 0 saturated carbocycles. The molecular weight excluding hydrogens is 616 g/mol. The monoisotopic (exact) mass is 661 g/mol. The Morgan fingerprint density at radius 2 is 0.588 bits per heavy atom. The van der Waals surface area contributed by atoms with Crippen LogP contribution in [0.2, 0.25) is 0 Å². The largest absolute Gasteiger partial charge is 2.00 e. The zero-order chi connectivity index (χ0) is 24.1. The third-order valence-corrected chi connectivity index (χ3v) is 4.41. The maximum absolute atomic E-state index is 4.78. The first-order valence-electron chi connectivity index (χ1n) is 10.8. The van der Waals surface area contributed by atoms with Crippen LogP contribution in [-0.2, 0) is 17.1 Å². The number of aliphatic imine (C=N–C) groups is 3. The van der Waals surface area contributed by atoms with E-state index in [4.69, 9.17) is 15.0 Å². The van der Waals surface area contributed by atoms with Crippen molar-refractivity contribution < 1.29 is 51.0 Å². The standard InChI is InChI=1S/C21H48N10.2BrH.Cu/c1-25(2)19(26(3)4)22-13-16-31(17-14-23-20(27(5)6)28(7)8)18-15-24-21(29(9)10)30(11)12;;;/h13-18H2,1-12H3;2*1H;/q;;;+2/p-2. The summed E-state index contributed by atoms with van der Waals surface area (Å²) in [5, 5.41) is 0. The predicted molar refractivity (Wildman–Crippen MR) is 135 cm³/mol. The molecule has 0 amide bonds. The van der Waals surface area contributed by atoms with Gasteiger partial charge < -0.3 is 63.4 Å². The number of guanidine groups is 3. The molecule has 0 aromatic heterocycles. The smallest absolute Gasteiger partial charge is 1.00 e. The third kappa shape index (κ3) is 16.8. The van der Waals surface area contributed by atoms with Crippen molar-refractivity contribution in [1.82, 2.24) is 34.3 Å². The molecule has 0 aliphatic rings. The van der Waals surface area contributed by atoms with Crippen LogP contribution in [0.5, 0.6) is 0 Å². The van der Waals surface area contributed by atoms with E-state index in [1.807, 2.05) is 114 Å². The van der Waals surface area contributed by atoms with Gasteiger partial charge in [0.25, 0.3) is 0 Å². The Hall–Kier alpha value is -0.751. The van der Waals surface area contributed by atoms with E-state index in [0.29, 0.717) is 0 Å². The Morgan fingerprint density at radius 1 is 0.412 bits per heavy atom. The molecule has 0 aliphatic heterocycles. The molecule has 13 heteroatoms. The van der Waals surface area contributed by atoms with E-state index in [2.05, 4.69) is 4.90 Å². The molecule has 0 unspecified atom stereocenters. The van der Waals surface area contributed by atoms with Crippen LogP contribution in [0, 0.1) is 0 Å². The molecule has 0 aromatic carbocycles. The van der Waals surface area contributed by atoms with E-state index < -0.39 is 0 Å². The Morgan fingerprint density at radius 3 is 0.735 bits per heavy atom. The maximum Gasteiger partial charge on any atom is 2.00 e. The van der Waals surface area contributed by atoms with Crippen LogP contribution < -0.4 is 34.0 Å². The molecule has 0 atom stereocenters. The maximum atomic E-state index is 4.78. The second-order valence-electron chi connectivity index (χ2n) is 8.75. The SMILES string of the molecule is CN(C)C(=NCCN(CCN=C(N(C)C)N(C)C)CCN=C(N(C)C)N(C)C)N(C)C.[Br-].[Br-].[Cu+2]. The molecule has 34 heavy (non-hydrogen) atoms. The molecule has 0 aliphatic carbocycles. The molecule has 1 radical (unpaired) electrons. The van der Waals surface area contributed by atoms with E-state index in [9.17, 15) is 0 Å². The summed E-state index contributed by atoms with van der Waals surface area (Å²) in [7, 11) is 24.3. The summed E-state index contributed by atoms with van der Waals surface area (Å²) in [6, 6.07) is 0. The van der Waals surface area contributed by atoms with Gasteiger partial charge in [-0.25, -0.2) is 0 Å². The van der Waals surface area contributed by atoms with Gasteiger partial charge in [0.2, 0.25) is 0 Å². The zero-order valence-corrected chi connectivity index (χ0v) is 27.4. The van der Waals surface area contributed by atoms with Gasteiger partial charge in [-0.1, -0.05) is 0 Å². The van der Waals surface area contributed by atoms with Crippen molar-refractivity contribution in [1.29, 1.82) is 0 Å². The topological polar surface area (TPSA) is 59.8 Å². The molecule has 0 saturated heterocycles. The van der Waals surface area contributed by atoms with Crippen LogP contribution in [-0.4, -0.2) is 176 Å². The minimum absolute atomic E-state index is 0. The van der Waals surface area contributed by atoms with Crippen LogP contribution in [0.15, 0.2) is 15.0 Å². The summed E-state index contributed by atoms with van der Waals surface area (Å²) in [6.45, 7) is 4.82. The number of rotatable bonds is 9. The molecule has 0 bridgehead atoms. The van der Waals surface area contributed by atoms with Gasteiger partial charge in [-0.2, -0.15) is 0 Å². The van der Waals surface area contributed by atoms with Gasteiger partial charge in [-0.15, -0.1) is 0 Å². The minimum Gasteiger partial charge on any atom is -1.00 e. The van der Waals surface area contributed by atoms with E-state index in [1.54, 1.807) is 0 Å². The normalized spacial score (nSPS) is 9.44. The molecular formula is C21H48Br2CuN10. The number of hydrogen-bond acceptors (Lipinski definition) is 4. The van der Waals surface area contributed by atoms with Crippen molar-refractivity contribution >= 4 is 17.9 Å². The van der Waals surface area contributed by atoms with E-state index in [1.165, 1.54) is 0 Å².